The largest absolute Gasteiger partial charge is 0.381 e. The SMILES string of the molecule is O=[N+]([O-])c1ccc(NCc2cc(F)ccc2Br)cc1F. The molecule has 0 fully saturated rings. The zero-order chi connectivity index (χ0) is 14.7. The minimum Gasteiger partial charge on any atom is -0.381 e. The van der Waals surface area contributed by atoms with Crippen molar-refractivity contribution >= 4 is 27.3 Å². The zero-order valence-electron chi connectivity index (χ0n) is 10.1. The third kappa shape index (κ3) is 3.30. The minimum atomic E-state index is -0.918. The Kier molecular flexibility index (Phi) is 4.29. The van der Waals surface area contributed by atoms with Gasteiger partial charge in [0.05, 0.1) is 4.92 Å². The maximum Gasteiger partial charge on any atom is 0.304 e. The average molecular weight is 343 g/mol. The van der Waals surface area contributed by atoms with Gasteiger partial charge in [0.15, 0.2) is 0 Å². The Morgan fingerprint density at radius 1 is 1.20 bits per heavy atom. The summed E-state index contributed by atoms with van der Waals surface area (Å²) in [5, 5.41) is 13.4. The van der Waals surface area contributed by atoms with Crippen LogP contribution >= 0.6 is 15.9 Å². The quantitative estimate of drug-likeness (QED) is 0.667. The van der Waals surface area contributed by atoms with Crippen molar-refractivity contribution in [2.75, 3.05) is 5.32 Å². The van der Waals surface area contributed by atoms with Crippen LogP contribution in [0.5, 0.6) is 0 Å². The molecule has 0 radical (unpaired) electrons. The maximum atomic E-state index is 13.4. The fourth-order valence-corrected chi connectivity index (χ4v) is 2.03. The summed E-state index contributed by atoms with van der Waals surface area (Å²) in [7, 11) is 0. The van der Waals surface area contributed by atoms with Gasteiger partial charge in [-0.05, 0) is 29.8 Å². The van der Waals surface area contributed by atoms with E-state index in [1.54, 1.807) is 6.07 Å². The van der Waals surface area contributed by atoms with Gasteiger partial charge in [-0.2, -0.15) is 4.39 Å². The Labute approximate surface area is 121 Å². The Hall–Kier alpha value is -2.02. The topological polar surface area (TPSA) is 55.2 Å². The molecule has 2 aromatic carbocycles. The number of hydrogen-bond donors (Lipinski definition) is 1. The number of nitro groups is 1. The van der Waals surface area contributed by atoms with E-state index in [1.807, 2.05) is 0 Å². The fraction of sp³-hybridized carbons (Fsp3) is 0.0769. The minimum absolute atomic E-state index is 0.260. The predicted molar refractivity (Wildman–Crippen MR) is 74.5 cm³/mol. The van der Waals surface area contributed by atoms with Crippen molar-refractivity contribution in [2.24, 2.45) is 0 Å². The van der Waals surface area contributed by atoms with Crippen LogP contribution in [0.2, 0.25) is 0 Å². The molecule has 0 bridgehead atoms. The molecule has 0 atom stereocenters. The molecular weight excluding hydrogens is 334 g/mol. The molecule has 0 heterocycles. The van der Waals surface area contributed by atoms with Crippen molar-refractivity contribution in [2.45, 2.75) is 6.54 Å². The molecule has 0 saturated carbocycles. The van der Waals surface area contributed by atoms with E-state index in [4.69, 9.17) is 0 Å². The van der Waals surface area contributed by atoms with Crippen LogP contribution in [0.4, 0.5) is 20.2 Å². The van der Waals surface area contributed by atoms with E-state index in [9.17, 15) is 18.9 Å². The highest BCUT2D eigenvalue weighted by molar-refractivity contribution is 9.10. The van der Waals surface area contributed by atoms with Crippen LogP contribution in [-0.4, -0.2) is 4.92 Å². The van der Waals surface area contributed by atoms with Gasteiger partial charge in [-0.3, -0.25) is 10.1 Å². The first-order valence-corrected chi connectivity index (χ1v) is 6.38. The van der Waals surface area contributed by atoms with Gasteiger partial charge in [-0.1, -0.05) is 15.9 Å². The molecule has 2 aromatic rings. The molecule has 0 unspecified atom stereocenters. The number of hydrogen-bond acceptors (Lipinski definition) is 3. The van der Waals surface area contributed by atoms with Gasteiger partial charge < -0.3 is 5.32 Å². The van der Waals surface area contributed by atoms with Gasteiger partial charge in [0.1, 0.15) is 5.82 Å². The normalized spacial score (nSPS) is 10.3. The number of rotatable bonds is 4. The van der Waals surface area contributed by atoms with Gasteiger partial charge in [-0.15, -0.1) is 0 Å². The van der Waals surface area contributed by atoms with E-state index in [-0.39, 0.29) is 12.4 Å². The number of halogens is 3. The molecule has 104 valence electrons. The van der Waals surface area contributed by atoms with Gasteiger partial charge in [0, 0.05) is 28.8 Å². The molecule has 0 aliphatic heterocycles. The van der Waals surface area contributed by atoms with Crippen LogP contribution in [-0.2, 0) is 6.54 Å². The van der Waals surface area contributed by atoms with Crippen LogP contribution in [0.1, 0.15) is 5.56 Å². The molecular formula is C13H9BrF2N2O2. The van der Waals surface area contributed by atoms with Crippen molar-refractivity contribution < 1.29 is 13.7 Å². The van der Waals surface area contributed by atoms with Crippen LogP contribution in [0, 0.1) is 21.7 Å². The number of nitrogens with one attached hydrogen (secondary N) is 1. The van der Waals surface area contributed by atoms with Crippen LogP contribution in [0.25, 0.3) is 0 Å². The Morgan fingerprint density at radius 3 is 2.60 bits per heavy atom. The number of anilines is 1. The molecule has 20 heavy (non-hydrogen) atoms. The first kappa shape index (κ1) is 14.4. The molecule has 0 amide bonds. The smallest absolute Gasteiger partial charge is 0.304 e. The fourth-order valence-electron chi connectivity index (χ4n) is 1.64. The van der Waals surface area contributed by atoms with Crippen molar-refractivity contribution in [3.8, 4) is 0 Å². The van der Waals surface area contributed by atoms with E-state index in [0.717, 1.165) is 12.1 Å². The van der Waals surface area contributed by atoms with Crippen molar-refractivity contribution in [1.82, 2.24) is 0 Å². The Bertz CT molecular complexity index is 665. The lowest BCUT2D eigenvalue weighted by Gasteiger charge is -2.08. The summed E-state index contributed by atoms with van der Waals surface area (Å²) in [6, 6.07) is 7.75. The second kappa shape index (κ2) is 5.96. The lowest BCUT2D eigenvalue weighted by atomic mass is 10.2. The highest BCUT2D eigenvalue weighted by Gasteiger charge is 2.13. The highest BCUT2D eigenvalue weighted by atomic mass is 79.9. The van der Waals surface area contributed by atoms with Gasteiger partial charge >= 0.3 is 5.69 Å². The van der Waals surface area contributed by atoms with Crippen LogP contribution in [0.3, 0.4) is 0 Å². The second-order valence-corrected chi connectivity index (χ2v) is 4.87. The summed E-state index contributed by atoms with van der Waals surface area (Å²) < 4.78 is 27.2. The Morgan fingerprint density at radius 2 is 1.95 bits per heavy atom. The number of nitrogens with zero attached hydrogens (tertiary/aromatic N) is 1. The lowest BCUT2D eigenvalue weighted by Crippen LogP contribution is -2.02. The molecule has 0 aromatic heterocycles. The van der Waals surface area contributed by atoms with E-state index < -0.39 is 16.4 Å². The summed E-state index contributed by atoms with van der Waals surface area (Å²) in [5.74, 6) is -1.29. The standard InChI is InChI=1S/C13H9BrF2N2O2/c14-11-3-1-9(15)5-8(11)7-17-10-2-4-13(18(19)20)12(16)6-10/h1-6,17H,7H2. The first-order chi connectivity index (χ1) is 9.47. The molecule has 2 rings (SSSR count). The van der Waals surface area contributed by atoms with E-state index in [2.05, 4.69) is 21.2 Å². The summed E-state index contributed by atoms with van der Waals surface area (Å²) in [6.07, 6.45) is 0. The van der Waals surface area contributed by atoms with Crippen molar-refractivity contribution in [3.63, 3.8) is 0 Å². The van der Waals surface area contributed by atoms with Gasteiger partial charge in [0.2, 0.25) is 5.82 Å². The van der Waals surface area contributed by atoms with E-state index in [1.165, 1.54) is 18.2 Å². The van der Waals surface area contributed by atoms with Crippen LogP contribution < -0.4 is 5.32 Å². The summed E-state index contributed by atoms with van der Waals surface area (Å²) >= 11 is 3.28. The molecule has 4 nitrogen and oxygen atoms in total. The molecule has 0 aliphatic carbocycles. The molecule has 7 heteroatoms. The third-order valence-electron chi connectivity index (χ3n) is 2.64. The first-order valence-electron chi connectivity index (χ1n) is 5.59. The van der Waals surface area contributed by atoms with Crippen molar-refractivity contribution in [3.05, 3.63) is 68.2 Å². The van der Waals surface area contributed by atoms with Gasteiger partial charge in [-0.25, -0.2) is 4.39 Å². The number of benzene rings is 2. The highest BCUT2D eigenvalue weighted by Crippen LogP contribution is 2.23. The summed E-state index contributed by atoms with van der Waals surface area (Å²) in [6.45, 7) is 0.260. The predicted octanol–water partition coefficient (Wildman–Crippen LogP) is 4.25. The number of nitro benzene ring substituents is 1. The van der Waals surface area contributed by atoms with Crippen LogP contribution in [0.15, 0.2) is 40.9 Å². The average Bonchev–Trinajstić information content (AvgIpc) is 2.39. The summed E-state index contributed by atoms with van der Waals surface area (Å²) in [4.78, 5) is 9.70. The Balaban J connectivity index is 2.13. The third-order valence-corrected chi connectivity index (χ3v) is 3.41. The summed E-state index contributed by atoms with van der Waals surface area (Å²) in [5.41, 5.74) is 0.454. The molecule has 0 saturated heterocycles. The molecule has 0 aliphatic rings. The second-order valence-electron chi connectivity index (χ2n) is 4.01. The maximum absolute atomic E-state index is 13.4. The van der Waals surface area contributed by atoms with E-state index in [0.29, 0.717) is 15.7 Å². The van der Waals surface area contributed by atoms with E-state index >= 15 is 0 Å². The molecule has 0 spiro atoms. The zero-order valence-corrected chi connectivity index (χ0v) is 11.7. The molecule has 1 N–H and O–H groups in total. The van der Waals surface area contributed by atoms with Gasteiger partial charge in [0.25, 0.3) is 0 Å². The van der Waals surface area contributed by atoms with Crippen molar-refractivity contribution in [1.29, 1.82) is 0 Å². The monoisotopic (exact) mass is 342 g/mol. The lowest BCUT2D eigenvalue weighted by molar-refractivity contribution is -0.387.